The van der Waals surface area contributed by atoms with E-state index in [0.29, 0.717) is 5.92 Å². The van der Waals surface area contributed by atoms with E-state index in [1.807, 2.05) is 6.07 Å². The molecule has 4 rings (SSSR count). The van der Waals surface area contributed by atoms with Crippen molar-refractivity contribution in [2.24, 2.45) is 5.92 Å². The van der Waals surface area contributed by atoms with Gasteiger partial charge in [0.05, 0.1) is 5.39 Å². The highest BCUT2D eigenvalue weighted by Gasteiger charge is 2.19. The Labute approximate surface area is 145 Å². The van der Waals surface area contributed by atoms with Crippen molar-refractivity contribution in [2.45, 2.75) is 12.8 Å². The smallest absolute Gasteiger partial charge is 0.143 e. The largest absolute Gasteiger partial charge is 0.381 e. The molecule has 1 aromatic carbocycles. The minimum Gasteiger partial charge on any atom is -0.381 e. The van der Waals surface area contributed by atoms with Crippen molar-refractivity contribution in [1.82, 2.24) is 15.0 Å². The molecule has 1 aliphatic heterocycles. The number of hydrogen-bond donors (Lipinski definition) is 1. The van der Waals surface area contributed by atoms with Crippen molar-refractivity contribution >= 4 is 16.9 Å². The molecule has 3 heterocycles. The summed E-state index contributed by atoms with van der Waals surface area (Å²) in [6, 6.07) is 8.49. The van der Waals surface area contributed by atoms with E-state index in [0.717, 1.165) is 60.7 Å². The standard InChI is InChI=1S/C19H21FN4O/c1-24(11-13-6-8-25-9-7-13)19-16-10-17(23-18(16)21-12-22-19)14-2-4-15(20)5-3-14/h2-5,10,12-13H,6-9,11H2,1H3,(H,21,22,23). The molecule has 0 bridgehead atoms. The number of nitrogens with one attached hydrogen (secondary N) is 1. The third-order valence-electron chi connectivity index (χ3n) is 4.79. The topological polar surface area (TPSA) is 54.0 Å². The maximum Gasteiger partial charge on any atom is 0.143 e. The Hall–Kier alpha value is -2.47. The van der Waals surface area contributed by atoms with Crippen LogP contribution in [0.25, 0.3) is 22.3 Å². The van der Waals surface area contributed by atoms with Gasteiger partial charge in [-0.05, 0) is 54.7 Å². The second-order valence-electron chi connectivity index (χ2n) is 6.59. The van der Waals surface area contributed by atoms with Gasteiger partial charge in [0, 0.05) is 32.5 Å². The molecule has 0 unspecified atom stereocenters. The molecule has 0 saturated carbocycles. The lowest BCUT2D eigenvalue weighted by Gasteiger charge is -2.27. The van der Waals surface area contributed by atoms with Gasteiger partial charge in [-0.3, -0.25) is 0 Å². The zero-order chi connectivity index (χ0) is 17.2. The van der Waals surface area contributed by atoms with Crippen LogP contribution in [0.4, 0.5) is 10.2 Å². The first kappa shape index (κ1) is 16.0. The van der Waals surface area contributed by atoms with E-state index in [-0.39, 0.29) is 5.82 Å². The first-order valence-corrected chi connectivity index (χ1v) is 8.59. The number of nitrogens with zero attached hydrogens (tertiary/aromatic N) is 3. The van der Waals surface area contributed by atoms with Gasteiger partial charge in [0.1, 0.15) is 23.6 Å². The van der Waals surface area contributed by atoms with Crippen molar-refractivity contribution in [1.29, 1.82) is 0 Å². The highest BCUT2D eigenvalue weighted by Crippen LogP contribution is 2.29. The number of aromatic nitrogens is 3. The van der Waals surface area contributed by atoms with Crippen molar-refractivity contribution in [3.05, 3.63) is 42.5 Å². The molecular weight excluding hydrogens is 319 g/mol. The fourth-order valence-corrected chi connectivity index (χ4v) is 3.42. The van der Waals surface area contributed by atoms with Crippen LogP contribution >= 0.6 is 0 Å². The molecular formula is C19H21FN4O. The predicted molar refractivity (Wildman–Crippen MR) is 96.1 cm³/mol. The number of anilines is 1. The molecule has 5 nitrogen and oxygen atoms in total. The Morgan fingerprint density at radius 2 is 1.96 bits per heavy atom. The van der Waals surface area contributed by atoms with Gasteiger partial charge in [-0.25, -0.2) is 14.4 Å². The monoisotopic (exact) mass is 340 g/mol. The number of H-pyrrole nitrogens is 1. The molecule has 6 heteroatoms. The van der Waals surface area contributed by atoms with Crippen LogP contribution in [0.2, 0.25) is 0 Å². The van der Waals surface area contributed by atoms with E-state index in [1.165, 1.54) is 12.1 Å². The van der Waals surface area contributed by atoms with E-state index in [1.54, 1.807) is 18.5 Å². The molecule has 0 aliphatic carbocycles. The van der Waals surface area contributed by atoms with Gasteiger partial charge in [-0.1, -0.05) is 0 Å². The van der Waals surface area contributed by atoms with E-state index in [2.05, 4.69) is 26.9 Å². The molecule has 1 saturated heterocycles. The quantitative estimate of drug-likeness (QED) is 0.788. The van der Waals surface area contributed by atoms with Gasteiger partial charge in [0.2, 0.25) is 0 Å². The maximum atomic E-state index is 13.2. The van der Waals surface area contributed by atoms with Crippen LogP contribution in [-0.2, 0) is 4.74 Å². The molecule has 1 fully saturated rings. The lowest BCUT2D eigenvalue weighted by molar-refractivity contribution is 0.0685. The van der Waals surface area contributed by atoms with Gasteiger partial charge >= 0.3 is 0 Å². The summed E-state index contributed by atoms with van der Waals surface area (Å²) < 4.78 is 18.6. The van der Waals surface area contributed by atoms with E-state index < -0.39 is 0 Å². The Balaban J connectivity index is 1.63. The number of rotatable bonds is 4. The molecule has 2 aromatic heterocycles. The van der Waals surface area contributed by atoms with Crippen molar-refractivity contribution in [3.8, 4) is 11.3 Å². The molecule has 25 heavy (non-hydrogen) atoms. The third kappa shape index (κ3) is 3.35. The average molecular weight is 340 g/mol. The van der Waals surface area contributed by atoms with Gasteiger partial charge in [-0.15, -0.1) is 0 Å². The van der Waals surface area contributed by atoms with Gasteiger partial charge in [0.15, 0.2) is 0 Å². The third-order valence-corrected chi connectivity index (χ3v) is 4.79. The SMILES string of the molecule is CN(CC1CCOCC1)c1ncnc2[nH]c(-c3ccc(F)cc3)cc12. The number of ether oxygens (including phenoxy) is 1. The van der Waals surface area contributed by atoms with Gasteiger partial charge < -0.3 is 14.6 Å². The average Bonchev–Trinajstić information content (AvgIpc) is 3.07. The predicted octanol–water partition coefficient (Wildman–Crippen LogP) is 3.63. The summed E-state index contributed by atoms with van der Waals surface area (Å²) in [5, 5.41) is 0.983. The highest BCUT2D eigenvalue weighted by atomic mass is 19.1. The normalized spacial score (nSPS) is 15.6. The maximum absolute atomic E-state index is 13.2. The van der Waals surface area contributed by atoms with Gasteiger partial charge in [-0.2, -0.15) is 0 Å². The summed E-state index contributed by atoms with van der Waals surface area (Å²) >= 11 is 0. The first-order chi connectivity index (χ1) is 12.2. The minimum atomic E-state index is -0.239. The summed E-state index contributed by atoms with van der Waals surface area (Å²) in [4.78, 5) is 14.4. The van der Waals surface area contributed by atoms with Crippen LogP contribution in [0.5, 0.6) is 0 Å². The van der Waals surface area contributed by atoms with Crippen molar-refractivity contribution in [2.75, 3.05) is 31.7 Å². The van der Waals surface area contributed by atoms with Crippen molar-refractivity contribution < 1.29 is 9.13 Å². The van der Waals surface area contributed by atoms with Crippen molar-refractivity contribution in [3.63, 3.8) is 0 Å². The summed E-state index contributed by atoms with van der Waals surface area (Å²) in [6.45, 7) is 2.64. The van der Waals surface area contributed by atoms with Crippen LogP contribution in [0.15, 0.2) is 36.7 Å². The zero-order valence-corrected chi connectivity index (χ0v) is 14.2. The molecule has 0 radical (unpaired) electrons. The van der Waals surface area contributed by atoms with Crippen LogP contribution in [0.1, 0.15) is 12.8 Å². The highest BCUT2D eigenvalue weighted by molar-refractivity contribution is 5.91. The zero-order valence-electron chi connectivity index (χ0n) is 14.2. The Bertz CT molecular complexity index is 855. The second kappa shape index (κ2) is 6.80. The molecule has 1 aliphatic rings. The molecule has 3 aromatic rings. The van der Waals surface area contributed by atoms with Crippen LogP contribution in [-0.4, -0.2) is 41.8 Å². The number of hydrogen-bond acceptors (Lipinski definition) is 4. The van der Waals surface area contributed by atoms with E-state index in [4.69, 9.17) is 4.74 Å². The van der Waals surface area contributed by atoms with Gasteiger partial charge in [0.25, 0.3) is 0 Å². The number of benzene rings is 1. The summed E-state index contributed by atoms with van der Waals surface area (Å²) in [7, 11) is 2.07. The number of aromatic amines is 1. The fourth-order valence-electron chi connectivity index (χ4n) is 3.42. The van der Waals surface area contributed by atoms with E-state index in [9.17, 15) is 4.39 Å². The summed E-state index contributed by atoms with van der Waals surface area (Å²) in [5.41, 5.74) is 2.64. The lowest BCUT2D eigenvalue weighted by atomic mass is 10.00. The van der Waals surface area contributed by atoms with Crippen LogP contribution in [0.3, 0.4) is 0 Å². The Morgan fingerprint density at radius 1 is 1.20 bits per heavy atom. The van der Waals surface area contributed by atoms with E-state index >= 15 is 0 Å². The summed E-state index contributed by atoms with van der Waals surface area (Å²) in [5.74, 6) is 1.30. The van der Waals surface area contributed by atoms with Crippen LogP contribution in [0, 0.1) is 11.7 Å². The molecule has 0 atom stereocenters. The summed E-state index contributed by atoms with van der Waals surface area (Å²) in [6.07, 6.45) is 3.77. The lowest BCUT2D eigenvalue weighted by Crippen LogP contribution is -2.30. The number of halogens is 1. The number of fused-ring (bicyclic) bond motifs is 1. The van der Waals surface area contributed by atoms with Crippen LogP contribution < -0.4 is 4.90 Å². The molecule has 0 spiro atoms. The Morgan fingerprint density at radius 3 is 2.72 bits per heavy atom. The molecule has 0 amide bonds. The minimum absolute atomic E-state index is 0.239. The first-order valence-electron chi connectivity index (χ1n) is 8.59. The molecule has 1 N–H and O–H groups in total. The second-order valence-corrected chi connectivity index (χ2v) is 6.59. The molecule has 130 valence electrons. The fraction of sp³-hybridized carbons (Fsp3) is 0.368. The Kier molecular flexibility index (Phi) is 4.36.